The fraction of sp³-hybridized carbons (Fsp3) is 0.786. The lowest BCUT2D eigenvalue weighted by atomic mass is 9.79. The van der Waals surface area contributed by atoms with Gasteiger partial charge in [0.05, 0.1) is 5.69 Å². The summed E-state index contributed by atoms with van der Waals surface area (Å²) in [5.74, 6) is 1.03. The number of imidazole rings is 1. The van der Waals surface area contributed by atoms with Gasteiger partial charge in [0.1, 0.15) is 5.82 Å². The van der Waals surface area contributed by atoms with Crippen LogP contribution in [0.3, 0.4) is 0 Å². The van der Waals surface area contributed by atoms with Crippen LogP contribution in [0.4, 0.5) is 0 Å². The standard InChI is InChI=1S/C14H26N2/c1-5-7-8-9-10-14(4,6-2)13-11-15-12(3)16-13/h11H,5-10H2,1-4H3,(H,15,16). The van der Waals surface area contributed by atoms with Gasteiger partial charge >= 0.3 is 0 Å². The molecular weight excluding hydrogens is 196 g/mol. The van der Waals surface area contributed by atoms with Crippen molar-refractivity contribution in [3.63, 3.8) is 0 Å². The Morgan fingerprint density at radius 3 is 2.50 bits per heavy atom. The monoisotopic (exact) mass is 222 g/mol. The van der Waals surface area contributed by atoms with Crippen LogP contribution in [0.15, 0.2) is 6.20 Å². The fourth-order valence-electron chi connectivity index (χ4n) is 2.16. The van der Waals surface area contributed by atoms with E-state index in [0.29, 0.717) is 0 Å². The van der Waals surface area contributed by atoms with Crippen LogP contribution in [0.1, 0.15) is 70.8 Å². The number of H-pyrrole nitrogens is 1. The van der Waals surface area contributed by atoms with Crippen LogP contribution in [0, 0.1) is 6.92 Å². The Morgan fingerprint density at radius 1 is 1.25 bits per heavy atom. The largest absolute Gasteiger partial charge is 0.349 e. The third kappa shape index (κ3) is 3.36. The molecule has 1 unspecified atom stereocenters. The molecule has 1 aromatic heterocycles. The summed E-state index contributed by atoms with van der Waals surface area (Å²) in [6.45, 7) is 8.89. The minimum atomic E-state index is 0.262. The molecule has 1 rings (SSSR count). The number of hydrogen-bond acceptors (Lipinski definition) is 1. The number of aryl methyl sites for hydroxylation is 1. The summed E-state index contributed by atoms with van der Waals surface area (Å²) in [5.41, 5.74) is 1.50. The minimum absolute atomic E-state index is 0.262. The number of aromatic nitrogens is 2. The van der Waals surface area contributed by atoms with Gasteiger partial charge in [0.15, 0.2) is 0 Å². The second kappa shape index (κ2) is 6.07. The Balaban J connectivity index is 2.56. The van der Waals surface area contributed by atoms with Crippen molar-refractivity contribution in [3.8, 4) is 0 Å². The first kappa shape index (κ1) is 13.3. The second-order valence-electron chi connectivity index (χ2n) is 5.10. The van der Waals surface area contributed by atoms with Crippen molar-refractivity contribution in [2.45, 2.75) is 71.6 Å². The number of aromatic amines is 1. The van der Waals surface area contributed by atoms with E-state index in [1.165, 1.54) is 44.2 Å². The van der Waals surface area contributed by atoms with Crippen LogP contribution >= 0.6 is 0 Å². The van der Waals surface area contributed by atoms with Crippen LogP contribution in [0.2, 0.25) is 0 Å². The van der Waals surface area contributed by atoms with E-state index in [2.05, 4.69) is 36.9 Å². The molecule has 0 radical (unpaired) electrons. The first-order chi connectivity index (χ1) is 7.62. The minimum Gasteiger partial charge on any atom is -0.349 e. The zero-order chi connectivity index (χ0) is 12.0. The highest BCUT2D eigenvalue weighted by atomic mass is 14.9. The molecule has 0 aromatic carbocycles. The average Bonchev–Trinajstić information content (AvgIpc) is 2.71. The molecule has 0 fully saturated rings. The predicted molar refractivity (Wildman–Crippen MR) is 69.7 cm³/mol. The van der Waals surface area contributed by atoms with E-state index in [4.69, 9.17) is 0 Å². The molecule has 0 amide bonds. The molecule has 0 aliphatic carbocycles. The molecule has 0 saturated heterocycles. The normalized spacial score (nSPS) is 15.0. The van der Waals surface area contributed by atoms with E-state index in [9.17, 15) is 0 Å². The maximum atomic E-state index is 4.60. The Kier molecular flexibility index (Phi) is 5.04. The molecule has 1 heterocycles. The van der Waals surface area contributed by atoms with Gasteiger partial charge in [0.25, 0.3) is 0 Å². The van der Waals surface area contributed by atoms with Crippen molar-refractivity contribution in [1.29, 1.82) is 0 Å². The van der Waals surface area contributed by atoms with Gasteiger partial charge in [0, 0.05) is 11.6 Å². The summed E-state index contributed by atoms with van der Waals surface area (Å²) < 4.78 is 0. The number of nitrogens with zero attached hydrogens (tertiary/aromatic N) is 1. The molecule has 1 atom stereocenters. The first-order valence-corrected chi connectivity index (χ1v) is 6.65. The van der Waals surface area contributed by atoms with Crippen molar-refractivity contribution < 1.29 is 0 Å². The number of nitrogens with one attached hydrogen (secondary N) is 1. The first-order valence-electron chi connectivity index (χ1n) is 6.65. The third-order valence-electron chi connectivity index (χ3n) is 3.69. The average molecular weight is 222 g/mol. The van der Waals surface area contributed by atoms with E-state index in [1.54, 1.807) is 0 Å². The van der Waals surface area contributed by atoms with Gasteiger partial charge in [-0.25, -0.2) is 4.98 Å². The molecule has 0 saturated carbocycles. The van der Waals surface area contributed by atoms with Crippen molar-refractivity contribution in [1.82, 2.24) is 9.97 Å². The van der Waals surface area contributed by atoms with E-state index in [1.807, 2.05) is 6.92 Å². The molecule has 0 bridgehead atoms. The fourth-order valence-corrected chi connectivity index (χ4v) is 2.16. The Morgan fingerprint density at radius 2 is 2.00 bits per heavy atom. The smallest absolute Gasteiger partial charge is 0.103 e. The number of hydrogen-bond donors (Lipinski definition) is 1. The zero-order valence-electron chi connectivity index (χ0n) is 11.3. The van der Waals surface area contributed by atoms with Crippen molar-refractivity contribution >= 4 is 0 Å². The van der Waals surface area contributed by atoms with Gasteiger partial charge in [-0.2, -0.15) is 0 Å². The van der Waals surface area contributed by atoms with Crippen molar-refractivity contribution in [3.05, 3.63) is 17.7 Å². The molecule has 92 valence electrons. The topological polar surface area (TPSA) is 28.7 Å². The molecule has 2 heteroatoms. The van der Waals surface area contributed by atoms with Gasteiger partial charge in [0.2, 0.25) is 0 Å². The number of rotatable bonds is 7. The summed E-state index contributed by atoms with van der Waals surface area (Å²) in [6.07, 6.45) is 9.86. The van der Waals surface area contributed by atoms with E-state index in [-0.39, 0.29) is 5.41 Å². The maximum absolute atomic E-state index is 4.60. The lowest BCUT2D eigenvalue weighted by Crippen LogP contribution is -2.21. The molecule has 1 N–H and O–H groups in total. The summed E-state index contributed by atoms with van der Waals surface area (Å²) in [4.78, 5) is 7.80. The summed E-state index contributed by atoms with van der Waals surface area (Å²) in [7, 11) is 0. The van der Waals surface area contributed by atoms with E-state index >= 15 is 0 Å². The SMILES string of the molecule is CCCCCCC(C)(CC)c1c[nH]c(C)n1. The third-order valence-corrected chi connectivity index (χ3v) is 3.69. The van der Waals surface area contributed by atoms with Crippen LogP contribution in [0.25, 0.3) is 0 Å². The summed E-state index contributed by atoms with van der Waals surface area (Å²) >= 11 is 0. The summed E-state index contributed by atoms with van der Waals surface area (Å²) in [6, 6.07) is 0. The predicted octanol–water partition coefficient (Wildman–Crippen LogP) is 4.36. The molecule has 1 aromatic rings. The molecule has 0 aliphatic heterocycles. The van der Waals surface area contributed by atoms with Crippen LogP contribution in [-0.4, -0.2) is 9.97 Å². The van der Waals surface area contributed by atoms with Crippen LogP contribution in [-0.2, 0) is 5.41 Å². The highest BCUT2D eigenvalue weighted by Crippen LogP contribution is 2.31. The van der Waals surface area contributed by atoms with Crippen LogP contribution in [0.5, 0.6) is 0 Å². The Bertz CT molecular complexity index is 303. The molecule has 2 nitrogen and oxygen atoms in total. The van der Waals surface area contributed by atoms with E-state index in [0.717, 1.165) is 5.82 Å². The van der Waals surface area contributed by atoms with Gasteiger partial charge in [-0.15, -0.1) is 0 Å². The molecule has 0 aliphatic rings. The maximum Gasteiger partial charge on any atom is 0.103 e. The molecule has 0 spiro atoms. The van der Waals surface area contributed by atoms with Gasteiger partial charge in [-0.3, -0.25) is 0 Å². The Labute approximate surface area is 99.9 Å². The molecular formula is C14H26N2. The highest BCUT2D eigenvalue weighted by Gasteiger charge is 2.26. The quantitative estimate of drug-likeness (QED) is 0.682. The molecule has 16 heavy (non-hydrogen) atoms. The van der Waals surface area contributed by atoms with Gasteiger partial charge in [-0.05, 0) is 19.8 Å². The summed E-state index contributed by atoms with van der Waals surface area (Å²) in [5, 5.41) is 0. The Hall–Kier alpha value is -0.790. The van der Waals surface area contributed by atoms with Crippen molar-refractivity contribution in [2.24, 2.45) is 0 Å². The van der Waals surface area contributed by atoms with E-state index < -0.39 is 0 Å². The van der Waals surface area contributed by atoms with Gasteiger partial charge in [-0.1, -0.05) is 46.5 Å². The lowest BCUT2D eigenvalue weighted by molar-refractivity contribution is 0.387. The number of unbranched alkanes of at least 4 members (excludes halogenated alkanes) is 3. The lowest BCUT2D eigenvalue weighted by Gasteiger charge is -2.26. The van der Waals surface area contributed by atoms with Gasteiger partial charge < -0.3 is 4.98 Å². The van der Waals surface area contributed by atoms with Crippen molar-refractivity contribution in [2.75, 3.05) is 0 Å². The second-order valence-corrected chi connectivity index (χ2v) is 5.10. The van der Waals surface area contributed by atoms with Crippen LogP contribution < -0.4 is 0 Å². The zero-order valence-corrected chi connectivity index (χ0v) is 11.3. The highest BCUT2D eigenvalue weighted by molar-refractivity contribution is 5.13.